The van der Waals surface area contributed by atoms with Gasteiger partial charge in [0.2, 0.25) is 0 Å². The second kappa shape index (κ2) is 5.02. The summed E-state index contributed by atoms with van der Waals surface area (Å²) in [6, 6.07) is 5.52. The number of rotatable bonds is 2. The van der Waals surface area contributed by atoms with Crippen LogP contribution in [-0.4, -0.2) is 35.2 Å². The summed E-state index contributed by atoms with van der Waals surface area (Å²) in [5.41, 5.74) is 0.904. The third-order valence-corrected chi connectivity index (χ3v) is 3.29. The Kier molecular flexibility index (Phi) is 3.64. The van der Waals surface area contributed by atoms with Crippen LogP contribution in [0.2, 0.25) is 0 Å². The summed E-state index contributed by atoms with van der Waals surface area (Å²) in [6.45, 7) is 6.96. The van der Waals surface area contributed by atoms with E-state index in [2.05, 4.69) is 24.1 Å². The zero-order valence-corrected chi connectivity index (χ0v) is 10.3. The minimum Gasteiger partial charge on any atom is -0.505 e. The molecule has 1 aliphatic heterocycles. The summed E-state index contributed by atoms with van der Waals surface area (Å²) in [6.07, 6.45) is 0. The fraction of sp³-hybridized carbons (Fsp3) is 0.538. The van der Waals surface area contributed by atoms with E-state index in [-0.39, 0.29) is 5.75 Å². The predicted molar refractivity (Wildman–Crippen MR) is 65.4 cm³/mol. The minimum absolute atomic E-state index is 0.282. The molecular formula is C13H19FN2O. The highest BCUT2D eigenvalue weighted by atomic mass is 19.1. The summed E-state index contributed by atoms with van der Waals surface area (Å²) in [5, 5.41) is 12.6. The maximum atomic E-state index is 13.2. The number of nitrogens with zero attached hydrogens (tertiary/aromatic N) is 1. The highest BCUT2D eigenvalue weighted by molar-refractivity contribution is 5.28. The van der Waals surface area contributed by atoms with Crippen LogP contribution in [0, 0.1) is 5.82 Å². The van der Waals surface area contributed by atoms with Crippen LogP contribution in [0.5, 0.6) is 5.75 Å². The molecule has 0 amide bonds. The maximum Gasteiger partial charge on any atom is 0.165 e. The van der Waals surface area contributed by atoms with Gasteiger partial charge in [0, 0.05) is 31.7 Å². The summed E-state index contributed by atoms with van der Waals surface area (Å²) in [5.74, 6) is -0.825. The number of piperazine rings is 1. The summed E-state index contributed by atoms with van der Waals surface area (Å²) in [4.78, 5) is 2.33. The van der Waals surface area contributed by atoms with E-state index in [0.29, 0.717) is 12.1 Å². The first-order chi connectivity index (χ1) is 8.06. The van der Waals surface area contributed by atoms with Gasteiger partial charge in [-0.05, 0) is 31.5 Å². The Balaban J connectivity index is 2.06. The van der Waals surface area contributed by atoms with Crippen LogP contribution in [0.3, 0.4) is 0 Å². The topological polar surface area (TPSA) is 35.5 Å². The number of hydrogen-bond acceptors (Lipinski definition) is 3. The van der Waals surface area contributed by atoms with Crippen molar-refractivity contribution in [2.75, 3.05) is 13.1 Å². The molecule has 1 aliphatic rings. The smallest absolute Gasteiger partial charge is 0.165 e. The van der Waals surface area contributed by atoms with E-state index >= 15 is 0 Å². The van der Waals surface area contributed by atoms with Gasteiger partial charge in [0.1, 0.15) is 0 Å². The van der Waals surface area contributed by atoms with E-state index in [4.69, 9.17) is 5.11 Å². The van der Waals surface area contributed by atoms with Crippen LogP contribution in [-0.2, 0) is 6.54 Å². The van der Waals surface area contributed by atoms with Gasteiger partial charge >= 0.3 is 0 Å². The van der Waals surface area contributed by atoms with E-state index in [0.717, 1.165) is 25.2 Å². The van der Waals surface area contributed by atoms with Gasteiger partial charge in [0.25, 0.3) is 0 Å². The van der Waals surface area contributed by atoms with Crippen molar-refractivity contribution >= 4 is 0 Å². The molecule has 0 aliphatic carbocycles. The van der Waals surface area contributed by atoms with Crippen LogP contribution in [0.25, 0.3) is 0 Å². The first-order valence-electron chi connectivity index (χ1n) is 6.01. The molecule has 0 saturated carbocycles. The minimum atomic E-state index is -0.543. The number of nitrogens with one attached hydrogen (secondary N) is 1. The van der Waals surface area contributed by atoms with Crippen LogP contribution in [0.4, 0.5) is 4.39 Å². The molecule has 0 radical (unpaired) electrons. The lowest BCUT2D eigenvalue weighted by atomic mass is 10.1. The Morgan fingerprint density at radius 1 is 1.47 bits per heavy atom. The average molecular weight is 238 g/mol. The standard InChI is InChI=1S/C13H19FN2O/c1-9-7-16(10(2)6-15-9)8-11-3-4-13(17)12(14)5-11/h3-5,9-10,15,17H,6-8H2,1-2H3. The van der Waals surface area contributed by atoms with Gasteiger partial charge < -0.3 is 10.4 Å². The SMILES string of the molecule is CC1CN(Cc2ccc(O)c(F)c2)C(C)CN1. The summed E-state index contributed by atoms with van der Waals surface area (Å²) >= 11 is 0. The lowest BCUT2D eigenvalue weighted by Gasteiger charge is -2.37. The molecule has 1 aromatic carbocycles. The molecule has 2 rings (SSSR count). The molecule has 4 heteroatoms. The van der Waals surface area contributed by atoms with E-state index in [1.54, 1.807) is 6.07 Å². The second-order valence-electron chi connectivity index (χ2n) is 4.87. The summed E-state index contributed by atoms with van der Waals surface area (Å²) in [7, 11) is 0. The van der Waals surface area contributed by atoms with Crippen LogP contribution >= 0.6 is 0 Å². The van der Waals surface area contributed by atoms with Crippen molar-refractivity contribution in [3.8, 4) is 5.75 Å². The molecule has 3 nitrogen and oxygen atoms in total. The molecule has 1 fully saturated rings. The second-order valence-corrected chi connectivity index (χ2v) is 4.87. The molecule has 1 saturated heterocycles. The van der Waals surface area contributed by atoms with Gasteiger partial charge in [0.05, 0.1) is 0 Å². The van der Waals surface area contributed by atoms with Crippen LogP contribution in [0.1, 0.15) is 19.4 Å². The number of benzene rings is 1. The van der Waals surface area contributed by atoms with Gasteiger partial charge in [-0.3, -0.25) is 4.90 Å². The lowest BCUT2D eigenvalue weighted by molar-refractivity contribution is 0.138. The van der Waals surface area contributed by atoms with E-state index in [1.807, 2.05) is 0 Å². The first-order valence-corrected chi connectivity index (χ1v) is 6.01. The Morgan fingerprint density at radius 3 is 2.94 bits per heavy atom. The van der Waals surface area contributed by atoms with Crippen molar-refractivity contribution < 1.29 is 9.50 Å². The third kappa shape index (κ3) is 2.96. The zero-order chi connectivity index (χ0) is 12.4. The van der Waals surface area contributed by atoms with Crippen molar-refractivity contribution in [3.63, 3.8) is 0 Å². The monoisotopic (exact) mass is 238 g/mol. The van der Waals surface area contributed by atoms with Gasteiger partial charge in [-0.25, -0.2) is 4.39 Å². The largest absolute Gasteiger partial charge is 0.505 e. The van der Waals surface area contributed by atoms with Gasteiger partial charge in [-0.2, -0.15) is 0 Å². The molecule has 2 N–H and O–H groups in total. The highest BCUT2D eigenvalue weighted by Gasteiger charge is 2.22. The van der Waals surface area contributed by atoms with Crippen LogP contribution in [0.15, 0.2) is 18.2 Å². The van der Waals surface area contributed by atoms with E-state index in [9.17, 15) is 4.39 Å². The predicted octanol–water partition coefficient (Wildman–Crippen LogP) is 1.71. The molecule has 0 bridgehead atoms. The Hall–Kier alpha value is -1.13. The first kappa shape index (κ1) is 12.3. The van der Waals surface area contributed by atoms with Crippen molar-refractivity contribution in [2.45, 2.75) is 32.5 Å². The molecular weight excluding hydrogens is 219 g/mol. The highest BCUT2D eigenvalue weighted by Crippen LogP contribution is 2.19. The van der Waals surface area contributed by atoms with Gasteiger partial charge in [0.15, 0.2) is 11.6 Å². The van der Waals surface area contributed by atoms with Crippen molar-refractivity contribution in [1.82, 2.24) is 10.2 Å². The van der Waals surface area contributed by atoms with Gasteiger partial charge in [-0.15, -0.1) is 0 Å². The number of phenols is 1. The Bertz CT molecular complexity index is 397. The van der Waals surface area contributed by atoms with Crippen molar-refractivity contribution in [1.29, 1.82) is 0 Å². The van der Waals surface area contributed by atoms with Gasteiger partial charge in [-0.1, -0.05) is 6.07 Å². The number of hydrogen-bond donors (Lipinski definition) is 2. The number of aromatic hydroxyl groups is 1. The molecule has 0 spiro atoms. The molecule has 1 aromatic rings. The van der Waals surface area contributed by atoms with E-state index < -0.39 is 5.82 Å². The van der Waals surface area contributed by atoms with Crippen LogP contribution < -0.4 is 5.32 Å². The molecule has 17 heavy (non-hydrogen) atoms. The molecule has 2 unspecified atom stereocenters. The lowest BCUT2D eigenvalue weighted by Crippen LogP contribution is -2.53. The number of halogens is 1. The Morgan fingerprint density at radius 2 is 2.24 bits per heavy atom. The fourth-order valence-corrected chi connectivity index (χ4v) is 2.20. The molecule has 94 valence electrons. The van der Waals surface area contributed by atoms with Crippen molar-refractivity contribution in [3.05, 3.63) is 29.6 Å². The Labute approximate surface area is 101 Å². The maximum absolute atomic E-state index is 13.2. The average Bonchev–Trinajstić information content (AvgIpc) is 2.29. The number of phenolic OH excluding ortho intramolecular Hbond substituents is 1. The quantitative estimate of drug-likeness (QED) is 0.823. The molecule has 0 aromatic heterocycles. The van der Waals surface area contributed by atoms with E-state index in [1.165, 1.54) is 12.1 Å². The van der Waals surface area contributed by atoms with Crippen molar-refractivity contribution in [2.24, 2.45) is 0 Å². The molecule has 2 atom stereocenters. The fourth-order valence-electron chi connectivity index (χ4n) is 2.20. The summed E-state index contributed by atoms with van der Waals surface area (Å²) < 4.78 is 13.2. The molecule has 1 heterocycles. The zero-order valence-electron chi connectivity index (χ0n) is 10.3. The third-order valence-electron chi connectivity index (χ3n) is 3.29. The normalized spacial score (nSPS) is 26.1.